The fourth-order valence-corrected chi connectivity index (χ4v) is 3.75. The molecule has 0 bridgehead atoms. The minimum atomic E-state index is -0.147. The summed E-state index contributed by atoms with van der Waals surface area (Å²) in [4.78, 5) is 12.9. The summed E-state index contributed by atoms with van der Waals surface area (Å²) < 4.78 is 1.93. The summed E-state index contributed by atoms with van der Waals surface area (Å²) in [5, 5.41) is 15.0. The second kappa shape index (κ2) is 10.0. The number of hydrogen-bond donors (Lipinski definition) is 2. The number of rotatable bonds is 6. The molecule has 0 aliphatic carbocycles. The highest BCUT2D eigenvalue weighted by molar-refractivity contribution is 5.93. The van der Waals surface area contributed by atoms with Crippen LogP contribution in [0, 0.1) is 12.8 Å². The first kappa shape index (κ1) is 22.4. The van der Waals surface area contributed by atoms with Gasteiger partial charge in [-0.3, -0.25) is 4.79 Å². The number of carbonyl (C=O) groups is 1. The molecule has 28 heavy (non-hydrogen) atoms. The van der Waals surface area contributed by atoms with Crippen molar-refractivity contribution in [1.82, 2.24) is 25.6 Å². The maximum atomic E-state index is 12.9. The van der Waals surface area contributed by atoms with E-state index in [1.54, 1.807) is 0 Å². The predicted octanol–water partition coefficient (Wildman–Crippen LogP) is 3.62. The third-order valence-electron chi connectivity index (χ3n) is 5.50. The molecule has 3 rings (SSSR count). The van der Waals surface area contributed by atoms with Crippen LogP contribution in [0.1, 0.15) is 73.0 Å². The van der Waals surface area contributed by atoms with Crippen molar-refractivity contribution >= 4 is 18.3 Å². The van der Waals surface area contributed by atoms with Crippen molar-refractivity contribution in [2.45, 2.75) is 59.0 Å². The van der Waals surface area contributed by atoms with E-state index >= 15 is 0 Å². The number of piperidine rings is 1. The van der Waals surface area contributed by atoms with Gasteiger partial charge in [-0.25, -0.2) is 4.68 Å². The molecule has 154 valence electrons. The van der Waals surface area contributed by atoms with E-state index in [0.717, 1.165) is 43.6 Å². The normalized spacial score (nSPS) is 15.9. The number of hydrogen-bond acceptors (Lipinski definition) is 4. The summed E-state index contributed by atoms with van der Waals surface area (Å²) in [5.41, 5.74) is 3.71. The number of aromatic nitrogens is 3. The second-order valence-corrected chi connectivity index (χ2v) is 7.74. The van der Waals surface area contributed by atoms with E-state index in [-0.39, 0.29) is 30.3 Å². The fourth-order valence-electron chi connectivity index (χ4n) is 3.75. The van der Waals surface area contributed by atoms with E-state index in [0.29, 0.717) is 11.7 Å². The Bertz CT molecular complexity index is 766. The zero-order valence-electron chi connectivity index (χ0n) is 17.2. The molecule has 6 nitrogen and oxygen atoms in total. The van der Waals surface area contributed by atoms with Crippen LogP contribution < -0.4 is 10.6 Å². The van der Waals surface area contributed by atoms with E-state index in [1.165, 1.54) is 5.56 Å². The maximum Gasteiger partial charge on any atom is 0.274 e. The van der Waals surface area contributed by atoms with Crippen LogP contribution in [0.25, 0.3) is 0 Å². The first-order chi connectivity index (χ1) is 13.0. The maximum absolute atomic E-state index is 12.9. The van der Waals surface area contributed by atoms with Gasteiger partial charge in [0.2, 0.25) is 0 Å². The first-order valence-corrected chi connectivity index (χ1v) is 10.0. The molecule has 1 aromatic heterocycles. The standard InChI is InChI=1S/C21H31N5O.ClH/c1-5-16-6-8-17(9-7-16)19(14(2)3)23-21(27)20-15(4)26(25-24-20)18-10-12-22-13-11-18;/h6-9,14,18-19,22H,5,10-13H2,1-4H3,(H,23,27);1H. The monoisotopic (exact) mass is 405 g/mol. The molecule has 1 fully saturated rings. The van der Waals surface area contributed by atoms with Crippen LogP contribution in [0.2, 0.25) is 0 Å². The van der Waals surface area contributed by atoms with Crippen molar-refractivity contribution in [2.75, 3.05) is 13.1 Å². The number of nitrogens with zero attached hydrogens (tertiary/aromatic N) is 3. The van der Waals surface area contributed by atoms with Crippen molar-refractivity contribution in [3.63, 3.8) is 0 Å². The molecule has 2 heterocycles. The number of amides is 1. The molecule has 0 spiro atoms. The van der Waals surface area contributed by atoms with E-state index in [9.17, 15) is 4.79 Å². The summed E-state index contributed by atoms with van der Waals surface area (Å²) in [5.74, 6) is 0.132. The van der Waals surface area contributed by atoms with Crippen molar-refractivity contribution in [3.05, 3.63) is 46.8 Å². The Kier molecular flexibility index (Phi) is 8.01. The number of benzene rings is 1. The van der Waals surface area contributed by atoms with Crippen LogP contribution in [0.5, 0.6) is 0 Å². The molecule has 2 aromatic rings. The van der Waals surface area contributed by atoms with E-state index in [2.05, 4.69) is 66.0 Å². The third-order valence-corrected chi connectivity index (χ3v) is 5.50. The lowest BCUT2D eigenvalue weighted by Gasteiger charge is -2.24. The van der Waals surface area contributed by atoms with Crippen LogP contribution in [-0.2, 0) is 6.42 Å². The van der Waals surface area contributed by atoms with Gasteiger partial charge in [-0.15, -0.1) is 17.5 Å². The van der Waals surface area contributed by atoms with E-state index in [4.69, 9.17) is 0 Å². The quantitative estimate of drug-likeness (QED) is 0.769. The largest absolute Gasteiger partial charge is 0.344 e. The van der Waals surface area contributed by atoms with Gasteiger partial charge in [-0.1, -0.05) is 50.3 Å². The third kappa shape index (κ3) is 4.92. The van der Waals surface area contributed by atoms with Gasteiger partial charge in [-0.05, 0) is 56.3 Å². The van der Waals surface area contributed by atoms with Crippen molar-refractivity contribution in [3.8, 4) is 0 Å². The number of halogens is 1. The van der Waals surface area contributed by atoms with Gasteiger partial charge in [0.1, 0.15) is 0 Å². The molecule has 0 saturated carbocycles. The van der Waals surface area contributed by atoms with Crippen molar-refractivity contribution in [1.29, 1.82) is 0 Å². The van der Waals surface area contributed by atoms with Crippen molar-refractivity contribution < 1.29 is 4.79 Å². The highest BCUT2D eigenvalue weighted by Gasteiger charge is 2.25. The van der Waals surface area contributed by atoms with Gasteiger partial charge in [-0.2, -0.15) is 0 Å². The highest BCUT2D eigenvalue weighted by Crippen LogP contribution is 2.24. The van der Waals surface area contributed by atoms with Gasteiger partial charge >= 0.3 is 0 Å². The molecule has 1 saturated heterocycles. The molecule has 7 heteroatoms. The topological polar surface area (TPSA) is 71.8 Å². The van der Waals surface area contributed by atoms with Crippen LogP contribution in [0.4, 0.5) is 0 Å². The van der Waals surface area contributed by atoms with E-state index in [1.807, 2.05) is 11.6 Å². The summed E-state index contributed by atoms with van der Waals surface area (Å²) in [6.07, 6.45) is 3.05. The molecule has 1 aromatic carbocycles. The lowest BCUT2D eigenvalue weighted by Crippen LogP contribution is -2.33. The molecule has 0 radical (unpaired) electrons. The zero-order valence-corrected chi connectivity index (χ0v) is 18.1. The van der Waals surface area contributed by atoms with Crippen LogP contribution in [0.15, 0.2) is 24.3 Å². The molecule has 1 aliphatic heterocycles. The number of carbonyl (C=O) groups excluding carboxylic acids is 1. The molecular weight excluding hydrogens is 374 g/mol. The molecule has 1 unspecified atom stereocenters. The fraction of sp³-hybridized carbons (Fsp3) is 0.571. The van der Waals surface area contributed by atoms with Gasteiger partial charge in [0.15, 0.2) is 5.69 Å². The Labute approximate surface area is 173 Å². The average molecular weight is 406 g/mol. The lowest BCUT2D eigenvalue weighted by molar-refractivity contribution is 0.0919. The van der Waals surface area contributed by atoms with Gasteiger partial charge in [0.05, 0.1) is 17.8 Å². The Morgan fingerprint density at radius 1 is 1.25 bits per heavy atom. The Morgan fingerprint density at radius 2 is 1.89 bits per heavy atom. The Morgan fingerprint density at radius 3 is 2.46 bits per heavy atom. The molecule has 2 N–H and O–H groups in total. The Balaban J connectivity index is 0.00000280. The number of aryl methyl sites for hydroxylation is 1. The van der Waals surface area contributed by atoms with E-state index < -0.39 is 0 Å². The summed E-state index contributed by atoms with van der Waals surface area (Å²) in [6, 6.07) is 8.77. The van der Waals surface area contributed by atoms with Crippen LogP contribution >= 0.6 is 12.4 Å². The van der Waals surface area contributed by atoms with Crippen LogP contribution in [0.3, 0.4) is 0 Å². The predicted molar refractivity (Wildman–Crippen MR) is 114 cm³/mol. The second-order valence-electron chi connectivity index (χ2n) is 7.74. The summed E-state index contributed by atoms with van der Waals surface area (Å²) in [7, 11) is 0. The van der Waals surface area contributed by atoms with Gasteiger partial charge < -0.3 is 10.6 Å². The van der Waals surface area contributed by atoms with Crippen molar-refractivity contribution in [2.24, 2.45) is 5.92 Å². The molecule has 1 aliphatic rings. The highest BCUT2D eigenvalue weighted by atomic mass is 35.5. The molecular formula is C21H32ClN5O. The molecule has 1 atom stereocenters. The Hall–Kier alpha value is -1.92. The average Bonchev–Trinajstić information content (AvgIpc) is 3.08. The zero-order chi connectivity index (χ0) is 19.4. The minimum Gasteiger partial charge on any atom is -0.344 e. The van der Waals surface area contributed by atoms with Gasteiger partial charge in [0, 0.05) is 0 Å². The smallest absolute Gasteiger partial charge is 0.274 e. The summed E-state index contributed by atoms with van der Waals surface area (Å²) >= 11 is 0. The van der Waals surface area contributed by atoms with Crippen LogP contribution in [-0.4, -0.2) is 34.0 Å². The number of nitrogens with one attached hydrogen (secondary N) is 2. The SMILES string of the molecule is CCc1ccc(C(NC(=O)c2nnn(C3CCNCC3)c2C)C(C)C)cc1.Cl. The first-order valence-electron chi connectivity index (χ1n) is 10.0. The minimum absolute atomic E-state index is 0. The summed E-state index contributed by atoms with van der Waals surface area (Å²) in [6.45, 7) is 10.3. The van der Waals surface area contributed by atoms with Gasteiger partial charge in [0.25, 0.3) is 5.91 Å². The molecule has 1 amide bonds. The lowest BCUT2D eigenvalue weighted by atomic mass is 9.94.